The fourth-order valence-electron chi connectivity index (χ4n) is 7.49. The molecule has 1 saturated heterocycles. The molecular formula is C43H37ClIN3O3S. The predicted octanol–water partition coefficient (Wildman–Crippen LogP) is 10.7. The molecule has 0 radical (unpaired) electrons. The molecule has 3 aliphatic heterocycles. The van der Waals surface area contributed by atoms with E-state index in [1.54, 1.807) is 0 Å². The van der Waals surface area contributed by atoms with Crippen LogP contribution in [0.2, 0.25) is 5.02 Å². The average Bonchev–Trinajstić information content (AvgIpc) is 3.50. The fourth-order valence-corrected chi connectivity index (χ4v) is 9.31. The first-order valence-electron chi connectivity index (χ1n) is 17.6. The standard InChI is InChI=1S/C43H37ClIN3O3S/c1-2-50-38-22-27(21-37(45)41(38)51-26-30-15-9-10-16-36(30)44)23-39-42(49)47-43(52-39)46-31-24-34-32(28-11-5-3-6-12-28)17-19-48-20-18-33(35(25-31)40(34)48)29-13-7-4-8-14-29/h3-16,21-25,32-33H,2,17-20,26H2,1H3,(H,46,47,49)/b39-23-/t32-,33+. The van der Waals surface area contributed by atoms with Crippen molar-refractivity contribution in [3.63, 3.8) is 0 Å². The Hall–Kier alpha value is -4.25. The van der Waals surface area contributed by atoms with Crippen LogP contribution >= 0.6 is 46.0 Å². The summed E-state index contributed by atoms with van der Waals surface area (Å²) in [4.78, 5) is 21.6. The second-order valence-corrected chi connectivity index (χ2v) is 15.7. The summed E-state index contributed by atoms with van der Waals surface area (Å²) in [5, 5.41) is 4.26. The van der Waals surface area contributed by atoms with Gasteiger partial charge in [0.1, 0.15) is 6.61 Å². The molecule has 1 N–H and O–H groups in total. The van der Waals surface area contributed by atoms with E-state index in [9.17, 15) is 4.79 Å². The van der Waals surface area contributed by atoms with Gasteiger partial charge in [0.05, 0.1) is 20.8 Å². The quantitative estimate of drug-likeness (QED) is 0.118. The number of aliphatic imine (C=N–C) groups is 1. The summed E-state index contributed by atoms with van der Waals surface area (Å²) >= 11 is 9.98. The Labute approximate surface area is 327 Å². The number of nitrogens with one attached hydrogen (secondary N) is 1. The van der Waals surface area contributed by atoms with E-state index in [1.807, 2.05) is 49.4 Å². The van der Waals surface area contributed by atoms with Crippen LogP contribution < -0.4 is 19.7 Å². The number of carbonyl (C=O) groups excluding carboxylic acids is 1. The van der Waals surface area contributed by atoms with Crippen LogP contribution in [-0.2, 0) is 11.4 Å². The van der Waals surface area contributed by atoms with E-state index < -0.39 is 0 Å². The first kappa shape index (κ1) is 34.8. The highest BCUT2D eigenvalue weighted by Gasteiger charge is 2.35. The Morgan fingerprint density at radius 2 is 1.52 bits per heavy atom. The largest absolute Gasteiger partial charge is 0.490 e. The normalized spacial score (nSPS) is 19.4. The van der Waals surface area contributed by atoms with Gasteiger partial charge < -0.3 is 19.7 Å². The molecule has 2 atom stereocenters. The van der Waals surface area contributed by atoms with Gasteiger partial charge in [0, 0.05) is 41.2 Å². The zero-order valence-electron chi connectivity index (χ0n) is 28.7. The lowest BCUT2D eigenvalue weighted by molar-refractivity contribution is -0.115. The second kappa shape index (κ2) is 15.4. The molecule has 0 aromatic heterocycles. The van der Waals surface area contributed by atoms with Crippen LogP contribution in [0.4, 0.5) is 11.4 Å². The van der Waals surface area contributed by atoms with Crippen molar-refractivity contribution in [2.75, 3.05) is 24.6 Å². The van der Waals surface area contributed by atoms with E-state index in [-0.39, 0.29) is 17.7 Å². The van der Waals surface area contributed by atoms with Crippen molar-refractivity contribution in [2.45, 2.75) is 38.2 Å². The number of thioether (sulfide) groups is 1. The Kier molecular flexibility index (Phi) is 10.3. The number of rotatable bonds is 9. The minimum absolute atomic E-state index is 0.175. The zero-order chi connectivity index (χ0) is 35.6. The molecule has 0 unspecified atom stereocenters. The number of carbonyl (C=O) groups is 1. The molecule has 52 heavy (non-hydrogen) atoms. The van der Waals surface area contributed by atoms with Crippen molar-refractivity contribution in [2.24, 2.45) is 4.99 Å². The highest BCUT2D eigenvalue weighted by molar-refractivity contribution is 14.1. The van der Waals surface area contributed by atoms with Crippen LogP contribution in [0.5, 0.6) is 11.5 Å². The lowest BCUT2D eigenvalue weighted by Crippen LogP contribution is -2.37. The van der Waals surface area contributed by atoms with E-state index in [0.29, 0.717) is 39.8 Å². The first-order chi connectivity index (χ1) is 25.4. The van der Waals surface area contributed by atoms with Crippen LogP contribution in [0.3, 0.4) is 0 Å². The van der Waals surface area contributed by atoms with Crippen LogP contribution in [0.15, 0.2) is 119 Å². The summed E-state index contributed by atoms with van der Waals surface area (Å²) in [5.41, 5.74) is 9.23. The molecule has 3 aliphatic rings. The third-order valence-electron chi connectivity index (χ3n) is 9.84. The number of hydrogen-bond acceptors (Lipinski definition) is 6. The van der Waals surface area contributed by atoms with Gasteiger partial charge in [0.2, 0.25) is 0 Å². The molecule has 1 amide bonds. The van der Waals surface area contributed by atoms with Crippen molar-refractivity contribution in [3.8, 4) is 11.5 Å². The summed E-state index contributed by atoms with van der Waals surface area (Å²) in [6.45, 7) is 4.80. The Morgan fingerprint density at radius 3 is 2.15 bits per heavy atom. The molecule has 5 aromatic rings. The Bertz CT molecular complexity index is 2120. The molecule has 0 bridgehead atoms. The number of halogens is 2. The Balaban J connectivity index is 1.12. The van der Waals surface area contributed by atoms with Gasteiger partial charge in [-0.2, -0.15) is 0 Å². The van der Waals surface area contributed by atoms with Gasteiger partial charge in [-0.25, -0.2) is 4.99 Å². The lowest BCUT2D eigenvalue weighted by Gasteiger charge is -2.43. The van der Waals surface area contributed by atoms with E-state index in [2.05, 4.69) is 106 Å². The molecule has 262 valence electrons. The molecule has 3 heterocycles. The molecule has 0 saturated carbocycles. The minimum Gasteiger partial charge on any atom is -0.490 e. The van der Waals surface area contributed by atoms with E-state index in [4.69, 9.17) is 26.1 Å². The number of amidine groups is 1. The third kappa shape index (κ3) is 7.21. The van der Waals surface area contributed by atoms with Crippen molar-refractivity contribution in [3.05, 3.63) is 156 Å². The molecular weight excluding hydrogens is 801 g/mol. The van der Waals surface area contributed by atoms with E-state index in [1.165, 1.54) is 39.7 Å². The maximum Gasteiger partial charge on any atom is 0.264 e. The summed E-state index contributed by atoms with van der Waals surface area (Å²) in [6.07, 6.45) is 3.99. The maximum atomic E-state index is 13.4. The van der Waals surface area contributed by atoms with Crippen LogP contribution in [0.25, 0.3) is 6.08 Å². The van der Waals surface area contributed by atoms with Crippen molar-refractivity contribution in [1.29, 1.82) is 0 Å². The van der Waals surface area contributed by atoms with Crippen LogP contribution in [0, 0.1) is 3.57 Å². The molecule has 0 spiro atoms. The Morgan fingerprint density at radius 1 is 0.885 bits per heavy atom. The van der Waals surface area contributed by atoms with E-state index in [0.717, 1.165) is 46.3 Å². The van der Waals surface area contributed by atoms with Gasteiger partial charge in [-0.3, -0.25) is 4.79 Å². The van der Waals surface area contributed by atoms with Crippen molar-refractivity contribution in [1.82, 2.24) is 5.32 Å². The highest BCUT2D eigenvalue weighted by atomic mass is 127. The molecule has 5 aromatic carbocycles. The van der Waals surface area contributed by atoms with Crippen molar-refractivity contribution >= 4 is 74.5 Å². The average molecular weight is 838 g/mol. The SMILES string of the molecule is CCOc1cc(/C=C2\SC(=Nc3cc4c5c(c3)[C@H](c3ccccc3)CCN5CC[C@@H]4c3ccccc3)NC2=O)cc(I)c1OCc1ccccc1Cl. The lowest BCUT2D eigenvalue weighted by atomic mass is 9.76. The number of anilines is 1. The zero-order valence-corrected chi connectivity index (χ0v) is 32.4. The molecule has 9 heteroatoms. The van der Waals surface area contributed by atoms with Gasteiger partial charge >= 0.3 is 0 Å². The smallest absolute Gasteiger partial charge is 0.264 e. The third-order valence-corrected chi connectivity index (χ3v) is 11.9. The predicted molar refractivity (Wildman–Crippen MR) is 221 cm³/mol. The van der Waals surface area contributed by atoms with Crippen molar-refractivity contribution < 1.29 is 14.3 Å². The number of ether oxygens (including phenoxy) is 2. The van der Waals surface area contributed by atoms with Gasteiger partial charge in [0.25, 0.3) is 5.91 Å². The maximum absolute atomic E-state index is 13.4. The number of benzene rings is 5. The van der Waals surface area contributed by atoms with Gasteiger partial charge in [0.15, 0.2) is 16.7 Å². The summed E-state index contributed by atoms with van der Waals surface area (Å²) in [5.74, 6) is 1.64. The fraction of sp³-hybridized carbons (Fsp3) is 0.209. The highest BCUT2D eigenvalue weighted by Crippen LogP contribution is 2.50. The summed E-state index contributed by atoms with van der Waals surface area (Å²) < 4.78 is 13.1. The van der Waals surface area contributed by atoms with Crippen LogP contribution in [0.1, 0.15) is 65.0 Å². The second-order valence-electron chi connectivity index (χ2n) is 13.1. The molecule has 6 nitrogen and oxygen atoms in total. The minimum atomic E-state index is -0.175. The van der Waals surface area contributed by atoms with Gasteiger partial charge in [-0.05, 0) is 118 Å². The van der Waals surface area contributed by atoms with Gasteiger partial charge in [-0.1, -0.05) is 90.5 Å². The molecule has 0 aliphatic carbocycles. The monoisotopic (exact) mass is 837 g/mol. The molecule has 1 fully saturated rings. The summed E-state index contributed by atoms with van der Waals surface area (Å²) in [6, 6.07) is 37.7. The topological polar surface area (TPSA) is 63.2 Å². The number of nitrogens with zero attached hydrogens (tertiary/aromatic N) is 2. The van der Waals surface area contributed by atoms with Gasteiger partial charge in [-0.15, -0.1) is 0 Å². The van der Waals surface area contributed by atoms with E-state index >= 15 is 0 Å². The van der Waals surface area contributed by atoms with Crippen LogP contribution in [-0.4, -0.2) is 30.8 Å². The molecule has 8 rings (SSSR count). The summed E-state index contributed by atoms with van der Waals surface area (Å²) in [7, 11) is 0. The first-order valence-corrected chi connectivity index (χ1v) is 19.9. The number of amides is 1. The number of hydrogen-bond donors (Lipinski definition) is 1.